The van der Waals surface area contributed by atoms with Crippen molar-refractivity contribution in [1.29, 1.82) is 0 Å². The SMILES string of the molecule is C=C[Si](C)(C)C(CC)N(CC)CC. The molecule has 0 N–H and O–H groups in total. The molecule has 1 atom stereocenters. The maximum absolute atomic E-state index is 3.99. The van der Waals surface area contributed by atoms with Gasteiger partial charge in [0.15, 0.2) is 0 Å². The summed E-state index contributed by atoms with van der Waals surface area (Å²) in [7, 11) is -1.22. The van der Waals surface area contributed by atoms with E-state index >= 15 is 0 Å². The van der Waals surface area contributed by atoms with Crippen molar-refractivity contribution >= 4 is 8.07 Å². The van der Waals surface area contributed by atoms with E-state index in [1.165, 1.54) is 19.5 Å². The summed E-state index contributed by atoms with van der Waals surface area (Å²) in [6.07, 6.45) is 1.26. The Morgan fingerprint density at radius 2 is 1.69 bits per heavy atom. The molecule has 0 fully saturated rings. The fourth-order valence-electron chi connectivity index (χ4n) is 2.06. The van der Waals surface area contributed by atoms with Gasteiger partial charge in [-0.05, 0) is 19.5 Å². The zero-order chi connectivity index (χ0) is 10.5. The van der Waals surface area contributed by atoms with E-state index in [-0.39, 0.29) is 0 Å². The average molecular weight is 199 g/mol. The van der Waals surface area contributed by atoms with Crippen molar-refractivity contribution in [2.24, 2.45) is 0 Å². The van der Waals surface area contributed by atoms with Gasteiger partial charge in [-0.15, -0.1) is 12.3 Å². The van der Waals surface area contributed by atoms with E-state index in [2.05, 4.69) is 51.0 Å². The van der Waals surface area contributed by atoms with Crippen LogP contribution in [0, 0.1) is 0 Å². The number of hydrogen-bond acceptors (Lipinski definition) is 1. The molecule has 0 heterocycles. The van der Waals surface area contributed by atoms with Crippen LogP contribution in [0.1, 0.15) is 27.2 Å². The molecule has 0 aliphatic heterocycles. The van der Waals surface area contributed by atoms with Gasteiger partial charge in [0.25, 0.3) is 0 Å². The van der Waals surface area contributed by atoms with Crippen LogP contribution in [-0.4, -0.2) is 31.7 Å². The minimum absolute atomic E-state index is 0.764. The summed E-state index contributed by atoms with van der Waals surface area (Å²) in [4.78, 5) is 2.58. The molecule has 0 bridgehead atoms. The molecule has 1 unspecified atom stereocenters. The largest absolute Gasteiger partial charge is 0.303 e. The topological polar surface area (TPSA) is 3.24 Å². The molecule has 0 rings (SSSR count). The third-order valence-corrected chi connectivity index (χ3v) is 6.57. The fraction of sp³-hybridized carbons (Fsp3) is 0.818. The van der Waals surface area contributed by atoms with E-state index < -0.39 is 8.07 Å². The molecule has 0 aliphatic rings. The predicted molar refractivity (Wildman–Crippen MR) is 64.7 cm³/mol. The van der Waals surface area contributed by atoms with Crippen molar-refractivity contribution in [3.05, 3.63) is 12.3 Å². The van der Waals surface area contributed by atoms with Crippen molar-refractivity contribution in [2.45, 2.75) is 46.0 Å². The highest BCUT2D eigenvalue weighted by Gasteiger charge is 2.30. The van der Waals surface area contributed by atoms with Crippen LogP contribution >= 0.6 is 0 Å². The van der Waals surface area contributed by atoms with Gasteiger partial charge in [-0.2, -0.15) is 0 Å². The Morgan fingerprint density at radius 1 is 1.23 bits per heavy atom. The lowest BCUT2D eigenvalue weighted by molar-refractivity contribution is 0.265. The molecule has 0 saturated carbocycles. The first kappa shape index (κ1) is 12.9. The number of rotatable bonds is 6. The highest BCUT2D eigenvalue weighted by atomic mass is 28.3. The molecule has 0 aromatic carbocycles. The summed E-state index contributed by atoms with van der Waals surface area (Å²) < 4.78 is 0. The lowest BCUT2D eigenvalue weighted by atomic mass is 10.4. The van der Waals surface area contributed by atoms with E-state index in [0.717, 1.165) is 5.67 Å². The van der Waals surface area contributed by atoms with Crippen LogP contribution in [-0.2, 0) is 0 Å². The molecule has 78 valence electrons. The van der Waals surface area contributed by atoms with Gasteiger partial charge in [0.05, 0.1) is 8.07 Å². The van der Waals surface area contributed by atoms with E-state index in [0.29, 0.717) is 0 Å². The zero-order valence-corrected chi connectivity index (χ0v) is 10.9. The highest BCUT2D eigenvalue weighted by molar-refractivity contribution is 6.83. The molecule has 0 aromatic rings. The van der Waals surface area contributed by atoms with Crippen molar-refractivity contribution in [3.63, 3.8) is 0 Å². The predicted octanol–water partition coefficient (Wildman–Crippen LogP) is 3.08. The first-order valence-electron chi connectivity index (χ1n) is 5.41. The van der Waals surface area contributed by atoms with Crippen LogP contribution < -0.4 is 0 Å². The van der Waals surface area contributed by atoms with Gasteiger partial charge < -0.3 is 4.90 Å². The molecule has 0 radical (unpaired) electrons. The second-order valence-electron chi connectivity index (χ2n) is 4.17. The molecule has 1 nitrogen and oxygen atoms in total. The fourth-order valence-corrected chi connectivity index (χ4v) is 4.69. The molecule has 0 spiro atoms. The Labute approximate surface area is 84.8 Å². The van der Waals surface area contributed by atoms with Gasteiger partial charge in [0, 0.05) is 5.67 Å². The molecular formula is C11H25NSi. The Hall–Kier alpha value is -0.0831. The average Bonchev–Trinajstić information content (AvgIpc) is 2.13. The first-order chi connectivity index (χ1) is 6.03. The minimum atomic E-state index is -1.22. The van der Waals surface area contributed by atoms with Gasteiger partial charge in [-0.3, -0.25) is 0 Å². The molecule has 0 saturated heterocycles. The van der Waals surface area contributed by atoms with Gasteiger partial charge in [-0.25, -0.2) is 0 Å². The summed E-state index contributed by atoms with van der Waals surface area (Å²) >= 11 is 0. The highest BCUT2D eigenvalue weighted by Crippen LogP contribution is 2.18. The summed E-state index contributed by atoms with van der Waals surface area (Å²) in [5.41, 5.74) is 2.99. The molecule has 2 heteroatoms. The van der Waals surface area contributed by atoms with Crippen molar-refractivity contribution in [3.8, 4) is 0 Å². The zero-order valence-electron chi connectivity index (χ0n) is 9.93. The van der Waals surface area contributed by atoms with Crippen LogP contribution in [0.3, 0.4) is 0 Å². The van der Waals surface area contributed by atoms with E-state index in [4.69, 9.17) is 0 Å². The van der Waals surface area contributed by atoms with Crippen LogP contribution in [0.5, 0.6) is 0 Å². The number of hydrogen-bond donors (Lipinski definition) is 0. The Morgan fingerprint density at radius 3 is 1.92 bits per heavy atom. The van der Waals surface area contributed by atoms with Crippen molar-refractivity contribution in [2.75, 3.05) is 13.1 Å². The second kappa shape index (κ2) is 5.61. The standard InChI is InChI=1S/C11H25NSi/c1-7-11(12(8-2)9-3)13(5,6)10-4/h10-11H,4,7-9H2,1-3,5-6H3. The van der Waals surface area contributed by atoms with Crippen LogP contribution in [0.25, 0.3) is 0 Å². The van der Waals surface area contributed by atoms with Gasteiger partial charge in [-0.1, -0.05) is 33.9 Å². The summed E-state index contributed by atoms with van der Waals surface area (Å²) in [6.45, 7) is 17.9. The monoisotopic (exact) mass is 199 g/mol. The van der Waals surface area contributed by atoms with E-state index in [1.807, 2.05) is 0 Å². The second-order valence-corrected chi connectivity index (χ2v) is 8.89. The van der Waals surface area contributed by atoms with Crippen molar-refractivity contribution in [1.82, 2.24) is 4.90 Å². The maximum Gasteiger partial charge on any atom is 0.0893 e. The van der Waals surface area contributed by atoms with Gasteiger partial charge >= 0.3 is 0 Å². The molecular weight excluding hydrogens is 174 g/mol. The summed E-state index contributed by atoms with van der Waals surface area (Å²) in [5, 5.41) is 0. The van der Waals surface area contributed by atoms with Crippen LogP contribution in [0.15, 0.2) is 12.3 Å². The third kappa shape index (κ3) is 3.28. The number of nitrogens with zero attached hydrogens (tertiary/aromatic N) is 1. The molecule has 0 aliphatic carbocycles. The summed E-state index contributed by atoms with van der Waals surface area (Å²) in [6, 6.07) is 0. The van der Waals surface area contributed by atoms with Gasteiger partial charge in [0.2, 0.25) is 0 Å². The molecule has 0 aromatic heterocycles. The van der Waals surface area contributed by atoms with Crippen molar-refractivity contribution < 1.29 is 0 Å². The maximum atomic E-state index is 3.99. The Kier molecular flexibility index (Phi) is 5.57. The third-order valence-electron chi connectivity index (χ3n) is 3.02. The van der Waals surface area contributed by atoms with Crippen LogP contribution in [0.2, 0.25) is 13.1 Å². The lowest BCUT2D eigenvalue weighted by Gasteiger charge is -2.37. The Bertz CT molecular complexity index is 150. The van der Waals surface area contributed by atoms with Crippen LogP contribution in [0.4, 0.5) is 0 Å². The normalized spacial score (nSPS) is 14.6. The smallest absolute Gasteiger partial charge is 0.0893 e. The summed E-state index contributed by atoms with van der Waals surface area (Å²) in [5.74, 6) is 0. The quantitative estimate of drug-likeness (QED) is 0.594. The lowest BCUT2D eigenvalue weighted by Crippen LogP contribution is -2.51. The van der Waals surface area contributed by atoms with E-state index in [1.54, 1.807) is 0 Å². The first-order valence-corrected chi connectivity index (χ1v) is 8.56. The molecule has 13 heavy (non-hydrogen) atoms. The van der Waals surface area contributed by atoms with E-state index in [9.17, 15) is 0 Å². The minimum Gasteiger partial charge on any atom is -0.303 e. The Balaban J connectivity index is 4.56. The molecule has 0 amide bonds. The van der Waals surface area contributed by atoms with Gasteiger partial charge in [0.1, 0.15) is 0 Å².